The standard InChI is InChI=1S/C19H21NO4/c1-22-12-3-2-10-6-17-7-13(17)19(23-9-20)5-4-11(21)16-18(19,8-17)14(10)15(12)24-16/h2-3,13,16H,4-9,20H2,1H3/t13-,16?,17?,18?,19-/m1/s1. The van der Waals surface area contributed by atoms with Gasteiger partial charge in [-0.25, -0.2) is 0 Å². The van der Waals surface area contributed by atoms with E-state index >= 15 is 0 Å². The minimum absolute atomic E-state index is 0.198. The molecule has 3 fully saturated rings. The van der Waals surface area contributed by atoms with Crippen LogP contribution >= 0.6 is 0 Å². The van der Waals surface area contributed by atoms with E-state index in [1.165, 1.54) is 17.5 Å². The molecule has 5 atom stereocenters. The molecule has 0 radical (unpaired) electrons. The third kappa shape index (κ3) is 1.13. The number of rotatable bonds is 3. The average molecular weight is 327 g/mol. The lowest BCUT2D eigenvalue weighted by atomic mass is 9.55. The molecule has 1 aromatic rings. The highest BCUT2D eigenvalue weighted by Gasteiger charge is 2.85. The molecule has 2 bridgehead atoms. The van der Waals surface area contributed by atoms with Crippen LogP contribution < -0.4 is 15.2 Å². The molecular weight excluding hydrogens is 306 g/mol. The summed E-state index contributed by atoms with van der Waals surface area (Å²) >= 11 is 0. The van der Waals surface area contributed by atoms with E-state index in [4.69, 9.17) is 19.9 Å². The number of hydrogen-bond donors (Lipinski definition) is 1. The zero-order valence-electron chi connectivity index (χ0n) is 13.8. The van der Waals surface area contributed by atoms with Crippen LogP contribution in [0.25, 0.3) is 0 Å². The Morgan fingerprint density at radius 2 is 2.29 bits per heavy atom. The van der Waals surface area contributed by atoms with Crippen LogP contribution in [0.2, 0.25) is 0 Å². The van der Waals surface area contributed by atoms with Crippen LogP contribution in [0.4, 0.5) is 0 Å². The summed E-state index contributed by atoms with van der Waals surface area (Å²) < 4.78 is 18.2. The van der Waals surface area contributed by atoms with Crippen molar-refractivity contribution in [2.75, 3.05) is 13.8 Å². The van der Waals surface area contributed by atoms with Crippen LogP contribution in [0.1, 0.15) is 36.8 Å². The topological polar surface area (TPSA) is 70.8 Å². The Hall–Kier alpha value is -1.59. The lowest BCUT2D eigenvalue weighted by molar-refractivity contribution is -0.163. The predicted octanol–water partition coefficient (Wildman–Crippen LogP) is 1.69. The fraction of sp³-hybridized carbons (Fsp3) is 0.632. The van der Waals surface area contributed by atoms with E-state index in [0.717, 1.165) is 30.8 Å². The second kappa shape index (κ2) is 3.81. The van der Waals surface area contributed by atoms with E-state index in [0.29, 0.717) is 12.3 Å². The van der Waals surface area contributed by atoms with Gasteiger partial charge in [-0.1, -0.05) is 6.07 Å². The van der Waals surface area contributed by atoms with Crippen LogP contribution in [-0.4, -0.2) is 31.3 Å². The van der Waals surface area contributed by atoms with E-state index in [1.807, 2.05) is 6.07 Å². The maximum Gasteiger partial charge on any atom is 0.174 e. The Labute approximate surface area is 140 Å². The highest BCUT2D eigenvalue weighted by Crippen LogP contribution is 2.83. The molecular formula is C19H21NO4. The van der Waals surface area contributed by atoms with Gasteiger partial charge in [0.25, 0.3) is 0 Å². The molecule has 0 saturated heterocycles. The molecule has 0 amide bonds. The van der Waals surface area contributed by atoms with Crippen LogP contribution in [0.3, 0.4) is 0 Å². The van der Waals surface area contributed by atoms with Gasteiger partial charge in [-0.15, -0.1) is 0 Å². The smallest absolute Gasteiger partial charge is 0.174 e. The minimum Gasteiger partial charge on any atom is -0.493 e. The summed E-state index contributed by atoms with van der Waals surface area (Å²) in [6, 6.07) is 4.15. The molecule has 4 aliphatic carbocycles. The largest absolute Gasteiger partial charge is 0.493 e. The molecule has 2 spiro atoms. The summed E-state index contributed by atoms with van der Waals surface area (Å²) in [6.45, 7) is 0.198. The molecule has 5 nitrogen and oxygen atoms in total. The first kappa shape index (κ1) is 13.7. The van der Waals surface area contributed by atoms with Crippen molar-refractivity contribution in [2.45, 2.75) is 49.2 Å². The van der Waals surface area contributed by atoms with Gasteiger partial charge in [0.05, 0.1) is 24.9 Å². The van der Waals surface area contributed by atoms with Gasteiger partial charge >= 0.3 is 0 Å². The molecule has 6 rings (SSSR count). The number of benzene rings is 1. The number of carbonyl (C=O) groups excluding carboxylic acids is 1. The number of carbonyl (C=O) groups is 1. The van der Waals surface area contributed by atoms with Gasteiger partial charge in [-0.05, 0) is 48.6 Å². The van der Waals surface area contributed by atoms with Crippen molar-refractivity contribution in [1.29, 1.82) is 0 Å². The number of ether oxygens (including phenoxy) is 3. The summed E-state index contributed by atoms with van der Waals surface area (Å²) in [5, 5.41) is 0. The Morgan fingerprint density at radius 1 is 1.42 bits per heavy atom. The van der Waals surface area contributed by atoms with Crippen LogP contribution in [0.15, 0.2) is 12.1 Å². The molecule has 126 valence electrons. The SMILES string of the molecule is COc1ccc2c3c1OC1C(=O)CC[C@@]4(OCN)[C@@H]5CC5(C2)CC314. The van der Waals surface area contributed by atoms with Gasteiger partial charge in [0.1, 0.15) is 0 Å². The normalized spacial score (nSPS) is 45.5. The van der Waals surface area contributed by atoms with Gasteiger partial charge in [-0.3, -0.25) is 4.79 Å². The third-order valence-corrected chi connectivity index (χ3v) is 7.61. The Kier molecular flexibility index (Phi) is 2.17. The van der Waals surface area contributed by atoms with Crippen molar-refractivity contribution in [1.82, 2.24) is 0 Å². The molecule has 1 heterocycles. The molecule has 5 aliphatic rings. The molecule has 2 N–H and O–H groups in total. The van der Waals surface area contributed by atoms with Crippen molar-refractivity contribution in [2.24, 2.45) is 17.1 Å². The van der Waals surface area contributed by atoms with Gasteiger partial charge in [0.2, 0.25) is 0 Å². The average Bonchev–Trinajstić information content (AvgIpc) is 3.06. The van der Waals surface area contributed by atoms with Gasteiger partial charge in [0, 0.05) is 12.0 Å². The summed E-state index contributed by atoms with van der Waals surface area (Å²) in [6.07, 6.45) is 4.10. The Bertz CT molecular complexity index is 807. The number of fused-ring (bicyclic) bond motifs is 1. The van der Waals surface area contributed by atoms with Crippen LogP contribution in [0.5, 0.6) is 11.5 Å². The van der Waals surface area contributed by atoms with E-state index in [2.05, 4.69) is 6.07 Å². The Morgan fingerprint density at radius 3 is 3.08 bits per heavy atom. The molecule has 0 aromatic heterocycles. The second-order valence-electron chi connectivity index (χ2n) is 8.24. The highest BCUT2D eigenvalue weighted by atomic mass is 16.5. The monoisotopic (exact) mass is 327 g/mol. The molecule has 24 heavy (non-hydrogen) atoms. The van der Waals surface area contributed by atoms with Crippen molar-refractivity contribution < 1.29 is 19.0 Å². The van der Waals surface area contributed by atoms with Crippen LogP contribution in [-0.2, 0) is 21.4 Å². The number of Topliss-reactive ketones (excluding diaryl/α,β-unsaturated/α-hetero) is 1. The molecule has 5 heteroatoms. The van der Waals surface area contributed by atoms with E-state index in [-0.39, 0.29) is 28.9 Å². The van der Waals surface area contributed by atoms with E-state index in [1.54, 1.807) is 7.11 Å². The summed E-state index contributed by atoms with van der Waals surface area (Å²) in [4.78, 5) is 12.8. The first-order chi connectivity index (χ1) is 11.6. The first-order valence-corrected chi connectivity index (χ1v) is 8.86. The zero-order valence-corrected chi connectivity index (χ0v) is 13.8. The summed E-state index contributed by atoms with van der Waals surface area (Å²) in [5.74, 6) is 2.20. The molecule has 3 unspecified atom stereocenters. The number of hydrogen-bond acceptors (Lipinski definition) is 5. The van der Waals surface area contributed by atoms with Crippen molar-refractivity contribution in [3.63, 3.8) is 0 Å². The molecule has 3 saturated carbocycles. The van der Waals surface area contributed by atoms with Gasteiger partial charge in [0.15, 0.2) is 23.4 Å². The quantitative estimate of drug-likeness (QED) is 0.856. The van der Waals surface area contributed by atoms with E-state index < -0.39 is 6.10 Å². The Balaban J connectivity index is 1.70. The summed E-state index contributed by atoms with van der Waals surface area (Å²) in [7, 11) is 1.66. The number of ketones is 1. The summed E-state index contributed by atoms with van der Waals surface area (Å²) in [5.41, 5.74) is 7.95. The number of nitrogens with two attached hydrogens (primary N) is 1. The lowest BCUT2D eigenvalue weighted by Gasteiger charge is -2.51. The van der Waals surface area contributed by atoms with Gasteiger partial charge < -0.3 is 19.9 Å². The molecule has 1 aromatic carbocycles. The third-order valence-electron chi connectivity index (χ3n) is 7.61. The van der Waals surface area contributed by atoms with Crippen molar-refractivity contribution in [3.8, 4) is 11.5 Å². The van der Waals surface area contributed by atoms with Crippen molar-refractivity contribution >= 4 is 5.78 Å². The first-order valence-electron chi connectivity index (χ1n) is 8.86. The number of methoxy groups -OCH3 is 1. The fourth-order valence-electron chi connectivity index (χ4n) is 6.97. The second-order valence-corrected chi connectivity index (χ2v) is 8.24. The maximum atomic E-state index is 12.8. The molecule has 1 aliphatic heterocycles. The lowest BCUT2D eigenvalue weighted by Crippen LogP contribution is -2.64. The fourth-order valence-corrected chi connectivity index (χ4v) is 6.97. The van der Waals surface area contributed by atoms with E-state index in [9.17, 15) is 4.79 Å². The predicted molar refractivity (Wildman–Crippen MR) is 85.1 cm³/mol. The van der Waals surface area contributed by atoms with Crippen molar-refractivity contribution in [3.05, 3.63) is 23.3 Å². The van der Waals surface area contributed by atoms with Crippen LogP contribution in [0, 0.1) is 11.3 Å². The maximum absolute atomic E-state index is 12.8. The zero-order chi connectivity index (χ0) is 16.3. The minimum atomic E-state index is -0.437. The van der Waals surface area contributed by atoms with Gasteiger partial charge in [-0.2, -0.15) is 0 Å². The highest BCUT2D eigenvalue weighted by molar-refractivity contribution is 5.90.